The minimum absolute atomic E-state index is 0.114. The van der Waals surface area contributed by atoms with Gasteiger partial charge in [0.15, 0.2) is 17.7 Å². The van der Waals surface area contributed by atoms with Crippen LogP contribution in [0, 0.1) is 19.7 Å². The van der Waals surface area contributed by atoms with Crippen LogP contribution in [0.1, 0.15) is 22.9 Å². The van der Waals surface area contributed by atoms with Gasteiger partial charge in [0.05, 0.1) is 5.69 Å². The molecule has 0 aliphatic heterocycles. The summed E-state index contributed by atoms with van der Waals surface area (Å²) >= 11 is 5.99. The first-order valence-electron chi connectivity index (χ1n) is 9.26. The van der Waals surface area contributed by atoms with Gasteiger partial charge in [0.1, 0.15) is 23.0 Å². The maximum absolute atomic E-state index is 14.9. The first-order valence-corrected chi connectivity index (χ1v) is 9.64. The molecule has 1 amide bonds. The molecule has 0 spiro atoms. The molecule has 158 valence electrons. The molecule has 31 heavy (non-hydrogen) atoms. The zero-order chi connectivity index (χ0) is 22.3. The minimum atomic E-state index is -1.46. The minimum Gasteiger partial charge on any atom is -0.382 e. The quantitative estimate of drug-likeness (QED) is 0.447. The van der Waals surface area contributed by atoms with Crippen LogP contribution in [0.5, 0.6) is 0 Å². The van der Waals surface area contributed by atoms with E-state index in [0.717, 1.165) is 11.6 Å². The molecule has 0 radical (unpaired) electrons. The Morgan fingerprint density at radius 1 is 1.23 bits per heavy atom. The van der Waals surface area contributed by atoms with Crippen molar-refractivity contribution in [3.63, 3.8) is 0 Å². The molecule has 2 heterocycles. The summed E-state index contributed by atoms with van der Waals surface area (Å²) in [6.07, 6.45) is -0.145. The van der Waals surface area contributed by atoms with E-state index in [1.54, 1.807) is 26.0 Å². The maximum atomic E-state index is 14.9. The highest BCUT2D eigenvalue weighted by atomic mass is 35.5. The monoisotopic (exact) mass is 440 g/mol. The summed E-state index contributed by atoms with van der Waals surface area (Å²) in [4.78, 5) is 20.5. The molecule has 0 saturated carbocycles. The number of nitrogens with one attached hydrogen (secondary N) is 1. The Kier molecular flexibility index (Phi) is 5.30. The van der Waals surface area contributed by atoms with Gasteiger partial charge in [0, 0.05) is 10.7 Å². The normalized spacial score (nSPS) is 12.2. The van der Waals surface area contributed by atoms with E-state index in [1.165, 1.54) is 29.2 Å². The molecule has 4 aromatic rings. The number of benzene rings is 2. The zero-order valence-electron chi connectivity index (χ0n) is 16.6. The van der Waals surface area contributed by atoms with Crippen LogP contribution in [-0.4, -0.2) is 30.8 Å². The fraction of sp³-hybridized carbons (Fsp3) is 0.143. The van der Waals surface area contributed by atoms with Gasteiger partial charge in [-0.05, 0) is 55.3 Å². The van der Waals surface area contributed by atoms with E-state index in [0.29, 0.717) is 27.3 Å². The predicted molar refractivity (Wildman–Crippen MR) is 116 cm³/mol. The van der Waals surface area contributed by atoms with E-state index in [2.05, 4.69) is 20.4 Å². The van der Waals surface area contributed by atoms with Crippen LogP contribution in [-0.2, 0) is 4.79 Å². The third-order valence-electron chi connectivity index (χ3n) is 4.73. The second-order valence-corrected chi connectivity index (χ2v) is 7.51. The lowest BCUT2D eigenvalue weighted by Gasteiger charge is -2.14. The molecule has 0 unspecified atom stereocenters. The van der Waals surface area contributed by atoms with Crippen LogP contribution in [0.25, 0.3) is 16.7 Å². The van der Waals surface area contributed by atoms with Crippen molar-refractivity contribution in [2.75, 3.05) is 11.1 Å². The molecule has 0 fully saturated rings. The van der Waals surface area contributed by atoms with Crippen LogP contribution in [0.4, 0.5) is 15.9 Å². The maximum Gasteiger partial charge on any atom is 0.257 e. The number of aliphatic hydroxyl groups excluding tert-OH is 1. The summed E-state index contributed by atoms with van der Waals surface area (Å²) in [5.41, 5.74) is 8.84. The number of nitrogen functional groups attached to an aromatic ring is 1. The van der Waals surface area contributed by atoms with Gasteiger partial charge >= 0.3 is 0 Å². The van der Waals surface area contributed by atoms with E-state index >= 15 is 0 Å². The topological polar surface area (TPSA) is 119 Å². The number of halogens is 2. The average molecular weight is 441 g/mol. The molecule has 0 saturated heterocycles. The number of aliphatic hydroxyl groups is 1. The Labute approximate surface area is 181 Å². The van der Waals surface area contributed by atoms with Gasteiger partial charge in [-0.1, -0.05) is 17.7 Å². The van der Waals surface area contributed by atoms with Crippen molar-refractivity contribution < 1.29 is 14.3 Å². The van der Waals surface area contributed by atoms with Crippen molar-refractivity contribution >= 4 is 40.0 Å². The zero-order valence-corrected chi connectivity index (χ0v) is 17.4. The highest BCUT2D eigenvalue weighted by Crippen LogP contribution is 2.27. The fourth-order valence-corrected chi connectivity index (χ4v) is 3.63. The third-order valence-corrected chi connectivity index (χ3v) is 4.95. The van der Waals surface area contributed by atoms with E-state index in [9.17, 15) is 14.3 Å². The SMILES string of the molecule is Cc1cc(Cl)cc([C@@H](O)C(=O)Nc2ccc(-n3nc(C)c4ncnc(N)c43)c(F)c2)c1. The van der Waals surface area contributed by atoms with Gasteiger partial charge in [-0.15, -0.1) is 0 Å². The third kappa shape index (κ3) is 3.92. The van der Waals surface area contributed by atoms with Gasteiger partial charge in [-0.25, -0.2) is 19.0 Å². The Hall–Kier alpha value is -3.56. The van der Waals surface area contributed by atoms with Crippen LogP contribution < -0.4 is 11.1 Å². The number of anilines is 2. The molecular formula is C21H18ClFN6O2. The lowest BCUT2D eigenvalue weighted by molar-refractivity contribution is -0.124. The molecular weight excluding hydrogens is 423 g/mol. The highest BCUT2D eigenvalue weighted by Gasteiger charge is 2.20. The Balaban J connectivity index is 1.62. The summed E-state index contributed by atoms with van der Waals surface area (Å²) in [5.74, 6) is -1.20. The van der Waals surface area contributed by atoms with Crippen LogP contribution >= 0.6 is 11.6 Å². The summed E-state index contributed by atoms with van der Waals surface area (Å²) < 4.78 is 16.2. The van der Waals surface area contributed by atoms with Gasteiger partial charge in [0.2, 0.25) is 0 Å². The summed E-state index contributed by atoms with van der Waals surface area (Å²) in [7, 11) is 0. The number of carbonyl (C=O) groups is 1. The van der Waals surface area contributed by atoms with E-state index < -0.39 is 17.8 Å². The van der Waals surface area contributed by atoms with Crippen molar-refractivity contribution in [2.24, 2.45) is 0 Å². The molecule has 2 aromatic carbocycles. The number of hydrogen-bond donors (Lipinski definition) is 3. The number of hydrogen-bond acceptors (Lipinski definition) is 6. The van der Waals surface area contributed by atoms with Crippen molar-refractivity contribution in [3.8, 4) is 5.69 Å². The number of nitrogens with zero attached hydrogens (tertiary/aromatic N) is 4. The standard InChI is InChI=1S/C21H18ClFN6O2/c1-10-5-12(7-13(22)6-10)19(30)21(31)27-14-3-4-16(15(23)8-14)29-18-17(11(2)28-29)25-9-26-20(18)24/h3-9,19,30H,1-2H3,(H,27,31)(H2,24,25,26)/t19-/m1/s1. The van der Waals surface area contributed by atoms with Gasteiger partial charge < -0.3 is 16.2 Å². The fourth-order valence-electron chi connectivity index (χ4n) is 3.33. The number of fused-ring (bicyclic) bond motifs is 1. The largest absolute Gasteiger partial charge is 0.382 e. The number of carbonyl (C=O) groups excluding carboxylic acids is 1. The summed E-state index contributed by atoms with van der Waals surface area (Å²) in [6, 6.07) is 8.93. The van der Waals surface area contributed by atoms with E-state index in [4.69, 9.17) is 17.3 Å². The summed E-state index contributed by atoms with van der Waals surface area (Å²) in [6.45, 7) is 3.53. The molecule has 2 aromatic heterocycles. The first-order chi connectivity index (χ1) is 14.7. The number of rotatable bonds is 4. The molecule has 8 nitrogen and oxygen atoms in total. The van der Waals surface area contributed by atoms with Crippen LogP contribution in [0.3, 0.4) is 0 Å². The van der Waals surface area contributed by atoms with Crippen molar-refractivity contribution in [2.45, 2.75) is 20.0 Å². The van der Waals surface area contributed by atoms with Crippen molar-refractivity contribution in [1.82, 2.24) is 19.7 Å². The number of aryl methyl sites for hydroxylation is 2. The molecule has 0 aliphatic rings. The van der Waals surface area contributed by atoms with Crippen molar-refractivity contribution in [1.29, 1.82) is 0 Å². The second kappa shape index (κ2) is 7.93. The molecule has 4 N–H and O–H groups in total. The smallest absolute Gasteiger partial charge is 0.257 e. The lowest BCUT2D eigenvalue weighted by Crippen LogP contribution is -2.21. The lowest BCUT2D eigenvalue weighted by atomic mass is 10.1. The number of aromatic nitrogens is 4. The molecule has 10 heteroatoms. The highest BCUT2D eigenvalue weighted by molar-refractivity contribution is 6.30. The molecule has 4 rings (SSSR count). The second-order valence-electron chi connectivity index (χ2n) is 7.07. The average Bonchev–Trinajstić information content (AvgIpc) is 3.04. The first kappa shape index (κ1) is 20.7. The molecule has 0 aliphatic carbocycles. The Bertz CT molecular complexity index is 1300. The number of amides is 1. The number of nitrogens with two attached hydrogens (primary N) is 1. The van der Waals surface area contributed by atoms with Crippen LogP contribution in [0.2, 0.25) is 5.02 Å². The van der Waals surface area contributed by atoms with Gasteiger partial charge in [-0.3, -0.25) is 4.79 Å². The van der Waals surface area contributed by atoms with E-state index in [-0.39, 0.29) is 17.2 Å². The molecule has 1 atom stereocenters. The molecule has 0 bridgehead atoms. The van der Waals surface area contributed by atoms with Crippen molar-refractivity contribution in [3.05, 3.63) is 70.4 Å². The van der Waals surface area contributed by atoms with E-state index in [1.807, 2.05) is 0 Å². The van der Waals surface area contributed by atoms with Crippen LogP contribution in [0.15, 0.2) is 42.7 Å². The summed E-state index contributed by atoms with van der Waals surface area (Å²) in [5, 5.41) is 17.6. The predicted octanol–water partition coefficient (Wildman–Crippen LogP) is 3.48. The Morgan fingerprint density at radius 2 is 2.00 bits per heavy atom. The Morgan fingerprint density at radius 3 is 2.71 bits per heavy atom. The van der Waals surface area contributed by atoms with Gasteiger partial charge in [-0.2, -0.15) is 5.10 Å². The van der Waals surface area contributed by atoms with Gasteiger partial charge in [0.25, 0.3) is 5.91 Å².